The lowest BCUT2D eigenvalue weighted by atomic mass is 10.3. The van der Waals surface area contributed by atoms with Gasteiger partial charge in [-0.25, -0.2) is 0 Å². The number of aromatic nitrogens is 1. The highest BCUT2D eigenvalue weighted by molar-refractivity contribution is 9.11. The van der Waals surface area contributed by atoms with Gasteiger partial charge >= 0.3 is 0 Å². The number of hydrogen-bond donors (Lipinski definition) is 1. The van der Waals surface area contributed by atoms with E-state index in [0.717, 1.165) is 24.5 Å². The number of halogens is 1. The van der Waals surface area contributed by atoms with Crippen LogP contribution in [0.3, 0.4) is 0 Å². The Morgan fingerprint density at radius 2 is 2.24 bits per heavy atom. The molecule has 90 valence electrons. The van der Waals surface area contributed by atoms with Gasteiger partial charge in [0.25, 0.3) is 0 Å². The zero-order valence-electron chi connectivity index (χ0n) is 9.56. The molecule has 0 saturated heterocycles. The molecular formula is C12H14BrN3S. The second-order valence-electron chi connectivity index (χ2n) is 4.01. The van der Waals surface area contributed by atoms with Gasteiger partial charge in [-0.05, 0) is 52.1 Å². The maximum absolute atomic E-state index is 5.73. The van der Waals surface area contributed by atoms with Gasteiger partial charge in [-0.3, -0.25) is 9.88 Å². The molecule has 0 unspecified atom stereocenters. The van der Waals surface area contributed by atoms with Crippen LogP contribution in [0.5, 0.6) is 0 Å². The fourth-order valence-electron chi connectivity index (χ4n) is 1.66. The highest BCUT2D eigenvalue weighted by atomic mass is 79.9. The minimum absolute atomic E-state index is 0.765. The van der Waals surface area contributed by atoms with E-state index >= 15 is 0 Å². The predicted octanol–water partition coefficient (Wildman–Crippen LogP) is 3.12. The third kappa shape index (κ3) is 3.80. The number of hydrogen-bond acceptors (Lipinski definition) is 4. The van der Waals surface area contributed by atoms with E-state index in [0.29, 0.717) is 0 Å². The number of nitrogen functional groups attached to an aromatic ring is 1. The summed E-state index contributed by atoms with van der Waals surface area (Å²) in [5.74, 6) is 0. The number of pyridine rings is 1. The van der Waals surface area contributed by atoms with Crippen LogP contribution < -0.4 is 5.73 Å². The Balaban J connectivity index is 1.95. The van der Waals surface area contributed by atoms with Gasteiger partial charge in [0.2, 0.25) is 0 Å². The fourth-order valence-corrected chi connectivity index (χ4v) is 2.86. The van der Waals surface area contributed by atoms with Crippen molar-refractivity contribution in [1.29, 1.82) is 0 Å². The summed E-state index contributed by atoms with van der Waals surface area (Å²) in [6.45, 7) is 1.72. The average Bonchev–Trinajstić information content (AvgIpc) is 2.63. The lowest BCUT2D eigenvalue weighted by Crippen LogP contribution is -2.17. The van der Waals surface area contributed by atoms with E-state index in [1.54, 1.807) is 23.6 Å². The van der Waals surface area contributed by atoms with Crippen LogP contribution in [0, 0.1) is 0 Å². The SMILES string of the molecule is CN(Cc1csc(Br)c1)Cc1cc(N)ccn1. The van der Waals surface area contributed by atoms with Crippen molar-refractivity contribution >= 4 is 33.0 Å². The van der Waals surface area contributed by atoms with Crippen LogP contribution in [-0.4, -0.2) is 16.9 Å². The topological polar surface area (TPSA) is 42.1 Å². The number of rotatable bonds is 4. The summed E-state index contributed by atoms with van der Waals surface area (Å²) < 4.78 is 1.17. The third-order valence-electron chi connectivity index (χ3n) is 2.35. The molecule has 0 atom stereocenters. The molecule has 2 aromatic heterocycles. The molecule has 2 rings (SSSR count). The smallest absolute Gasteiger partial charge is 0.0701 e. The van der Waals surface area contributed by atoms with E-state index < -0.39 is 0 Å². The Kier molecular flexibility index (Phi) is 4.15. The van der Waals surface area contributed by atoms with Crippen molar-refractivity contribution in [2.45, 2.75) is 13.1 Å². The molecular weight excluding hydrogens is 298 g/mol. The van der Waals surface area contributed by atoms with Gasteiger partial charge in [-0.15, -0.1) is 11.3 Å². The van der Waals surface area contributed by atoms with Crippen LogP contribution in [0.25, 0.3) is 0 Å². The lowest BCUT2D eigenvalue weighted by molar-refractivity contribution is 0.315. The largest absolute Gasteiger partial charge is 0.399 e. The number of nitrogens with two attached hydrogens (primary N) is 1. The number of thiophene rings is 1. The van der Waals surface area contributed by atoms with Gasteiger partial charge in [0.05, 0.1) is 9.48 Å². The fraction of sp³-hybridized carbons (Fsp3) is 0.250. The Morgan fingerprint density at radius 3 is 2.88 bits per heavy atom. The summed E-state index contributed by atoms with van der Waals surface area (Å²) in [6.07, 6.45) is 1.75. The zero-order valence-corrected chi connectivity index (χ0v) is 12.0. The van der Waals surface area contributed by atoms with E-state index in [1.807, 2.05) is 6.07 Å². The van der Waals surface area contributed by atoms with Gasteiger partial charge < -0.3 is 5.73 Å². The van der Waals surface area contributed by atoms with Crippen molar-refractivity contribution in [2.75, 3.05) is 12.8 Å². The molecule has 0 amide bonds. The molecule has 2 aromatic rings. The monoisotopic (exact) mass is 311 g/mol. The first-order valence-electron chi connectivity index (χ1n) is 5.25. The molecule has 3 nitrogen and oxygen atoms in total. The van der Waals surface area contributed by atoms with E-state index in [-0.39, 0.29) is 0 Å². The first-order chi connectivity index (χ1) is 8.13. The summed E-state index contributed by atoms with van der Waals surface area (Å²) in [7, 11) is 2.08. The molecule has 0 saturated carbocycles. The minimum atomic E-state index is 0.765. The lowest BCUT2D eigenvalue weighted by Gasteiger charge is -2.15. The van der Waals surface area contributed by atoms with E-state index in [9.17, 15) is 0 Å². The molecule has 2 N–H and O–H groups in total. The van der Waals surface area contributed by atoms with Gasteiger partial charge in [0.1, 0.15) is 0 Å². The molecule has 0 aromatic carbocycles. The summed E-state index contributed by atoms with van der Waals surface area (Å²) in [5.41, 5.74) is 8.81. The molecule has 5 heteroatoms. The Morgan fingerprint density at radius 1 is 1.41 bits per heavy atom. The second kappa shape index (κ2) is 5.62. The first kappa shape index (κ1) is 12.5. The van der Waals surface area contributed by atoms with Crippen molar-refractivity contribution in [1.82, 2.24) is 9.88 Å². The summed E-state index contributed by atoms with van der Waals surface area (Å²) >= 11 is 5.18. The standard InChI is InChI=1S/C12H14BrN3S/c1-16(6-9-4-12(13)17-8-9)7-11-5-10(14)2-3-15-11/h2-5,8H,6-7H2,1H3,(H2,14,15). The van der Waals surface area contributed by atoms with E-state index in [2.05, 4.69) is 44.3 Å². The maximum atomic E-state index is 5.73. The maximum Gasteiger partial charge on any atom is 0.0701 e. The van der Waals surface area contributed by atoms with E-state index in [4.69, 9.17) is 5.73 Å². The quantitative estimate of drug-likeness (QED) is 0.943. The Hall–Kier alpha value is -0.910. The molecule has 0 aliphatic heterocycles. The number of nitrogens with zero attached hydrogens (tertiary/aromatic N) is 2. The number of anilines is 1. The van der Waals surface area contributed by atoms with E-state index in [1.165, 1.54) is 9.35 Å². The average molecular weight is 312 g/mol. The third-order valence-corrected chi connectivity index (χ3v) is 3.90. The molecule has 2 heterocycles. The second-order valence-corrected chi connectivity index (χ2v) is 6.30. The molecule has 0 aliphatic carbocycles. The van der Waals surface area contributed by atoms with Crippen LogP contribution in [0.4, 0.5) is 5.69 Å². The van der Waals surface area contributed by atoms with Gasteiger partial charge in [0.15, 0.2) is 0 Å². The molecule has 0 fully saturated rings. The van der Waals surface area contributed by atoms with Crippen LogP contribution in [0.15, 0.2) is 33.6 Å². The van der Waals surface area contributed by atoms with Crippen molar-refractivity contribution in [3.63, 3.8) is 0 Å². The molecule has 0 spiro atoms. The molecule has 0 radical (unpaired) electrons. The first-order valence-corrected chi connectivity index (χ1v) is 6.92. The van der Waals surface area contributed by atoms with Gasteiger partial charge in [0, 0.05) is 25.0 Å². The van der Waals surface area contributed by atoms with Gasteiger partial charge in [-0.2, -0.15) is 0 Å². The molecule has 0 aliphatic rings. The van der Waals surface area contributed by atoms with Gasteiger partial charge in [-0.1, -0.05) is 0 Å². The van der Waals surface area contributed by atoms with Crippen LogP contribution in [-0.2, 0) is 13.1 Å². The molecule has 0 bridgehead atoms. The van der Waals surface area contributed by atoms with Crippen molar-refractivity contribution in [3.05, 3.63) is 44.8 Å². The highest BCUT2D eigenvalue weighted by Gasteiger charge is 2.04. The summed E-state index contributed by atoms with van der Waals surface area (Å²) in [4.78, 5) is 6.52. The normalized spacial score (nSPS) is 11.0. The highest BCUT2D eigenvalue weighted by Crippen LogP contribution is 2.21. The van der Waals surface area contributed by atoms with Crippen LogP contribution in [0.1, 0.15) is 11.3 Å². The van der Waals surface area contributed by atoms with Crippen LogP contribution >= 0.6 is 27.3 Å². The predicted molar refractivity (Wildman–Crippen MR) is 75.8 cm³/mol. The Labute approximate surface area is 113 Å². The Bertz CT molecular complexity index is 498. The van der Waals surface area contributed by atoms with Crippen molar-refractivity contribution in [2.24, 2.45) is 0 Å². The summed E-state index contributed by atoms with van der Waals surface area (Å²) in [6, 6.07) is 5.87. The van der Waals surface area contributed by atoms with Crippen molar-refractivity contribution in [3.8, 4) is 0 Å². The van der Waals surface area contributed by atoms with Crippen LogP contribution in [0.2, 0.25) is 0 Å². The molecule has 17 heavy (non-hydrogen) atoms. The summed E-state index contributed by atoms with van der Waals surface area (Å²) in [5, 5.41) is 2.16. The minimum Gasteiger partial charge on any atom is -0.399 e. The zero-order chi connectivity index (χ0) is 12.3. The van der Waals surface area contributed by atoms with Crippen molar-refractivity contribution < 1.29 is 0 Å².